The molecule has 3 rings (SSSR count). The first-order valence-electron chi connectivity index (χ1n) is 7.81. The van der Waals surface area contributed by atoms with Crippen LogP contribution in [-0.4, -0.2) is 35.0 Å². The third kappa shape index (κ3) is 2.67. The summed E-state index contributed by atoms with van der Waals surface area (Å²) in [5, 5.41) is 9.22. The first-order chi connectivity index (χ1) is 10.5. The van der Waals surface area contributed by atoms with Crippen LogP contribution in [0.3, 0.4) is 0 Å². The molecule has 2 aliphatic rings. The number of amides is 1. The molecular weight excluding hydrogens is 346 g/mol. The minimum absolute atomic E-state index is 0.118. The zero-order valence-corrected chi connectivity index (χ0v) is 14.0. The highest BCUT2D eigenvalue weighted by atomic mass is 79.9. The molecule has 1 aromatic rings. The predicted octanol–water partition coefficient (Wildman–Crippen LogP) is 3.19. The van der Waals surface area contributed by atoms with Gasteiger partial charge >= 0.3 is 5.97 Å². The number of carbonyl (C=O) groups is 2. The van der Waals surface area contributed by atoms with Gasteiger partial charge in [0.1, 0.15) is 0 Å². The lowest BCUT2D eigenvalue weighted by molar-refractivity contribution is -0.149. The van der Waals surface area contributed by atoms with Gasteiger partial charge in [-0.25, -0.2) is 0 Å². The summed E-state index contributed by atoms with van der Waals surface area (Å²) in [7, 11) is 0. The quantitative estimate of drug-likeness (QED) is 0.894. The number of halogens is 1. The van der Waals surface area contributed by atoms with E-state index < -0.39 is 17.3 Å². The van der Waals surface area contributed by atoms with Crippen LogP contribution < -0.4 is 0 Å². The summed E-state index contributed by atoms with van der Waals surface area (Å²) in [6, 6.07) is 7.97. The number of carboxylic acid groups (broad SMARTS) is 1. The molecule has 4 nitrogen and oxygen atoms in total. The standard InChI is InChI=1S/C17H20BrNO3/c18-14-6-4-13(5-7-14)17(8-2-9-17)16(22)19-10-1-3-12(11-19)15(20)21/h4-7,12H,1-3,8-11H2,(H,20,21). The van der Waals surface area contributed by atoms with Gasteiger partial charge in [0.15, 0.2) is 0 Å². The molecule has 1 amide bonds. The Morgan fingerprint density at radius 2 is 1.86 bits per heavy atom. The molecule has 0 bridgehead atoms. The maximum absolute atomic E-state index is 13.1. The van der Waals surface area contributed by atoms with Gasteiger partial charge < -0.3 is 10.0 Å². The van der Waals surface area contributed by atoms with Gasteiger partial charge in [-0.1, -0.05) is 34.5 Å². The molecule has 1 aromatic carbocycles. The molecule has 22 heavy (non-hydrogen) atoms. The lowest BCUT2D eigenvalue weighted by Crippen LogP contribution is -2.54. The Morgan fingerprint density at radius 1 is 1.18 bits per heavy atom. The maximum atomic E-state index is 13.1. The van der Waals surface area contributed by atoms with E-state index in [1.54, 1.807) is 4.90 Å². The van der Waals surface area contributed by atoms with Crippen LogP contribution in [0.4, 0.5) is 0 Å². The highest BCUT2D eigenvalue weighted by Crippen LogP contribution is 2.46. The van der Waals surface area contributed by atoms with Gasteiger partial charge in [-0.05, 0) is 43.4 Å². The highest BCUT2D eigenvalue weighted by Gasteiger charge is 2.48. The fourth-order valence-corrected chi connectivity index (χ4v) is 3.86. The Balaban J connectivity index is 1.82. The minimum atomic E-state index is -0.788. The van der Waals surface area contributed by atoms with Crippen molar-refractivity contribution in [3.63, 3.8) is 0 Å². The molecule has 1 saturated carbocycles. The summed E-state index contributed by atoms with van der Waals surface area (Å²) in [5.74, 6) is -1.09. The first kappa shape index (κ1) is 15.5. The van der Waals surface area contributed by atoms with E-state index >= 15 is 0 Å². The molecule has 0 spiro atoms. The number of hydrogen-bond donors (Lipinski definition) is 1. The second-order valence-electron chi connectivity index (χ2n) is 6.37. The van der Waals surface area contributed by atoms with Gasteiger partial charge in [-0.3, -0.25) is 9.59 Å². The van der Waals surface area contributed by atoms with E-state index in [9.17, 15) is 14.7 Å². The normalized spacial score (nSPS) is 23.7. The van der Waals surface area contributed by atoms with Gasteiger partial charge in [-0.2, -0.15) is 0 Å². The maximum Gasteiger partial charge on any atom is 0.308 e. The number of benzene rings is 1. The SMILES string of the molecule is O=C(O)C1CCCN(C(=O)C2(c3ccc(Br)cc3)CCC2)C1. The van der Waals surface area contributed by atoms with Crippen molar-refractivity contribution >= 4 is 27.8 Å². The molecule has 118 valence electrons. The molecule has 0 aromatic heterocycles. The van der Waals surface area contributed by atoms with E-state index in [0.29, 0.717) is 19.5 Å². The van der Waals surface area contributed by atoms with E-state index in [2.05, 4.69) is 15.9 Å². The fraction of sp³-hybridized carbons (Fsp3) is 0.529. The summed E-state index contributed by atoms with van der Waals surface area (Å²) < 4.78 is 1.00. The summed E-state index contributed by atoms with van der Waals surface area (Å²) >= 11 is 3.43. The average Bonchev–Trinajstić information content (AvgIpc) is 2.48. The number of rotatable bonds is 3. The van der Waals surface area contributed by atoms with Crippen LogP contribution in [0.2, 0.25) is 0 Å². The number of carboxylic acids is 1. The Labute approximate surface area is 138 Å². The van der Waals surface area contributed by atoms with Gasteiger partial charge in [0.05, 0.1) is 11.3 Å². The van der Waals surface area contributed by atoms with Crippen LogP contribution in [-0.2, 0) is 15.0 Å². The molecule has 1 atom stereocenters. The van der Waals surface area contributed by atoms with Crippen molar-refractivity contribution in [2.45, 2.75) is 37.5 Å². The molecule has 0 radical (unpaired) electrons. The van der Waals surface area contributed by atoms with E-state index in [0.717, 1.165) is 35.7 Å². The van der Waals surface area contributed by atoms with Crippen LogP contribution in [0, 0.1) is 5.92 Å². The zero-order valence-electron chi connectivity index (χ0n) is 12.4. The molecule has 1 aliphatic heterocycles. The third-order valence-corrected chi connectivity index (χ3v) is 5.60. The van der Waals surface area contributed by atoms with Crippen molar-refractivity contribution < 1.29 is 14.7 Å². The summed E-state index contributed by atoms with van der Waals surface area (Å²) in [5.41, 5.74) is 0.630. The Morgan fingerprint density at radius 3 is 2.41 bits per heavy atom. The molecule has 1 N–H and O–H groups in total. The van der Waals surface area contributed by atoms with Crippen molar-refractivity contribution in [2.75, 3.05) is 13.1 Å². The summed E-state index contributed by atoms with van der Waals surface area (Å²) in [6.45, 7) is 1.04. The molecule has 1 heterocycles. The van der Waals surface area contributed by atoms with Crippen molar-refractivity contribution in [2.24, 2.45) is 5.92 Å². The largest absolute Gasteiger partial charge is 0.481 e. The Kier molecular flexibility index (Phi) is 4.26. The van der Waals surface area contributed by atoms with E-state index in [-0.39, 0.29) is 5.91 Å². The fourth-order valence-electron chi connectivity index (χ4n) is 3.59. The number of aliphatic carboxylic acids is 1. The van der Waals surface area contributed by atoms with Crippen molar-refractivity contribution in [3.8, 4) is 0 Å². The topological polar surface area (TPSA) is 57.6 Å². The third-order valence-electron chi connectivity index (χ3n) is 5.07. The molecular formula is C17H20BrNO3. The van der Waals surface area contributed by atoms with Crippen LogP contribution in [0.1, 0.15) is 37.7 Å². The number of carbonyl (C=O) groups excluding carboxylic acids is 1. The van der Waals surface area contributed by atoms with E-state index in [4.69, 9.17) is 0 Å². The van der Waals surface area contributed by atoms with Crippen LogP contribution in [0.15, 0.2) is 28.7 Å². The summed E-state index contributed by atoms with van der Waals surface area (Å²) in [4.78, 5) is 26.1. The van der Waals surface area contributed by atoms with Crippen LogP contribution in [0.5, 0.6) is 0 Å². The van der Waals surface area contributed by atoms with Crippen LogP contribution >= 0.6 is 15.9 Å². The van der Waals surface area contributed by atoms with Gasteiger partial charge in [0.25, 0.3) is 0 Å². The zero-order chi connectivity index (χ0) is 15.7. The lowest BCUT2D eigenvalue weighted by Gasteiger charge is -2.45. The van der Waals surface area contributed by atoms with Gasteiger partial charge in [0, 0.05) is 17.6 Å². The van der Waals surface area contributed by atoms with Gasteiger partial charge in [-0.15, -0.1) is 0 Å². The minimum Gasteiger partial charge on any atom is -0.481 e. The number of nitrogens with zero attached hydrogens (tertiary/aromatic N) is 1. The smallest absolute Gasteiger partial charge is 0.308 e. The second-order valence-corrected chi connectivity index (χ2v) is 7.29. The van der Waals surface area contributed by atoms with E-state index in [1.165, 1.54) is 0 Å². The van der Waals surface area contributed by atoms with Crippen molar-refractivity contribution in [3.05, 3.63) is 34.3 Å². The molecule has 5 heteroatoms. The Bertz CT molecular complexity index is 580. The number of hydrogen-bond acceptors (Lipinski definition) is 2. The van der Waals surface area contributed by atoms with Crippen molar-refractivity contribution in [1.29, 1.82) is 0 Å². The van der Waals surface area contributed by atoms with Crippen molar-refractivity contribution in [1.82, 2.24) is 4.90 Å². The van der Waals surface area contributed by atoms with Crippen LogP contribution in [0.25, 0.3) is 0 Å². The monoisotopic (exact) mass is 365 g/mol. The van der Waals surface area contributed by atoms with E-state index in [1.807, 2.05) is 24.3 Å². The average molecular weight is 366 g/mol. The number of piperidine rings is 1. The van der Waals surface area contributed by atoms with Gasteiger partial charge in [0.2, 0.25) is 5.91 Å². The first-order valence-corrected chi connectivity index (χ1v) is 8.60. The lowest BCUT2D eigenvalue weighted by atomic mass is 9.63. The summed E-state index contributed by atoms with van der Waals surface area (Å²) in [6.07, 6.45) is 4.23. The molecule has 1 unspecified atom stereocenters. The number of likely N-dealkylation sites (tertiary alicyclic amines) is 1. The predicted molar refractivity (Wildman–Crippen MR) is 86.6 cm³/mol. The Hall–Kier alpha value is -1.36. The molecule has 2 fully saturated rings. The highest BCUT2D eigenvalue weighted by molar-refractivity contribution is 9.10. The second kappa shape index (κ2) is 6.03. The molecule has 1 aliphatic carbocycles. The molecule has 1 saturated heterocycles.